The molecule has 0 radical (unpaired) electrons. The molecule has 0 aliphatic rings. The van der Waals surface area contributed by atoms with E-state index in [4.69, 9.17) is 4.74 Å². The highest BCUT2D eigenvalue weighted by Crippen LogP contribution is 2.22. The molecule has 0 bridgehead atoms. The average molecular weight is 353 g/mol. The smallest absolute Gasteiger partial charge is 0.328 e. The van der Waals surface area contributed by atoms with Gasteiger partial charge in [-0.3, -0.25) is 4.79 Å². The van der Waals surface area contributed by atoms with Gasteiger partial charge in [0.15, 0.2) is 0 Å². The zero-order valence-corrected chi connectivity index (χ0v) is 16.1. The van der Waals surface area contributed by atoms with Crippen LogP contribution >= 0.6 is 0 Å². The summed E-state index contributed by atoms with van der Waals surface area (Å²) in [6, 6.07) is 14.6. The standard InChI is InChI=1S/C22H27NO3/c1-15-6-8-16(9-7-15)14-19(21(25)26-5)23-20(24)17-10-12-18(13-11-17)22(2,3)4/h6-13,19H,14H2,1-5H3,(H,23,24)/t19-/m1/s1. The summed E-state index contributed by atoms with van der Waals surface area (Å²) in [5.41, 5.74) is 3.81. The molecule has 2 aromatic rings. The molecule has 1 atom stereocenters. The minimum Gasteiger partial charge on any atom is -0.467 e. The van der Waals surface area contributed by atoms with Crippen molar-refractivity contribution >= 4 is 11.9 Å². The number of aryl methyl sites for hydroxylation is 1. The second-order valence-corrected chi connectivity index (χ2v) is 7.57. The van der Waals surface area contributed by atoms with Crippen LogP contribution in [-0.2, 0) is 21.4 Å². The zero-order chi connectivity index (χ0) is 19.3. The number of nitrogens with one attached hydrogen (secondary N) is 1. The first kappa shape index (κ1) is 19.7. The van der Waals surface area contributed by atoms with Crippen molar-refractivity contribution in [2.45, 2.75) is 45.6 Å². The van der Waals surface area contributed by atoms with Crippen LogP contribution < -0.4 is 5.32 Å². The lowest BCUT2D eigenvalue weighted by Crippen LogP contribution is -2.43. The Balaban J connectivity index is 2.13. The molecule has 0 spiro atoms. The lowest BCUT2D eigenvalue weighted by molar-refractivity contribution is -0.142. The summed E-state index contributed by atoms with van der Waals surface area (Å²) in [5.74, 6) is -0.738. The molecule has 4 heteroatoms. The Kier molecular flexibility index (Phi) is 6.19. The molecule has 1 amide bonds. The van der Waals surface area contributed by atoms with Crippen LogP contribution in [0.15, 0.2) is 48.5 Å². The fourth-order valence-electron chi connectivity index (χ4n) is 2.66. The summed E-state index contributed by atoms with van der Waals surface area (Å²) in [4.78, 5) is 24.7. The largest absolute Gasteiger partial charge is 0.467 e. The van der Waals surface area contributed by atoms with Crippen molar-refractivity contribution in [3.63, 3.8) is 0 Å². The monoisotopic (exact) mass is 353 g/mol. The Morgan fingerprint density at radius 2 is 1.58 bits per heavy atom. The summed E-state index contributed by atoms with van der Waals surface area (Å²) in [7, 11) is 1.33. The molecule has 0 aliphatic heterocycles. The minimum absolute atomic E-state index is 0.0228. The lowest BCUT2D eigenvalue weighted by atomic mass is 9.86. The number of amides is 1. The molecule has 0 aromatic heterocycles. The van der Waals surface area contributed by atoms with Crippen molar-refractivity contribution < 1.29 is 14.3 Å². The third kappa shape index (κ3) is 5.19. The van der Waals surface area contributed by atoms with Crippen LogP contribution in [0.1, 0.15) is 47.8 Å². The summed E-state index contributed by atoms with van der Waals surface area (Å²) in [5, 5.41) is 2.79. The number of rotatable bonds is 5. The van der Waals surface area contributed by atoms with Crippen molar-refractivity contribution in [1.29, 1.82) is 0 Å². The number of methoxy groups -OCH3 is 1. The van der Waals surface area contributed by atoms with Gasteiger partial charge in [0.25, 0.3) is 5.91 Å². The topological polar surface area (TPSA) is 55.4 Å². The van der Waals surface area contributed by atoms with Gasteiger partial charge in [-0.15, -0.1) is 0 Å². The van der Waals surface area contributed by atoms with Crippen molar-refractivity contribution in [2.24, 2.45) is 0 Å². The van der Waals surface area contributed by atoms with Crippen molar-refractivity contribution in [1.82, 2.24) is 5.32 Å². The molecule has 2 aromatic carbocycles. The fraction of sp³-hybridized carbons (Fsp3) is 0.364. The van der Waals surface area contributed by atoms with Gasteiger partial charge in [0.2, 0.25) is 0 Å². The average Bonchev–Trinajstić information content (AvgIpc) is 2.61. The van der Waals surface area contributed by atoms with Gasteiger partial charge in [-0.1, -0.05) is 62.7 Å². The van der Waals surface area contributed by atoms with Crippen LogP contribution in [0.2, 0.25) is 0 Å². The molecule has 2 rings (SSSR count). The predicted molar refractivity (Wildman–Crippen MR) is 103 cm³/mol. The maximum Gasteiger partial charge on any atom is 0.328 e. The zero-order valence-electron chi connectivity index (χ0n) is 16.1. The maximum atomic E-state index is 12.6. The third-order valence-corrected chi connectivity index (χ3v) is 4.36. The van der Waals surface area contributed by atoms with E-state index in [9.17, 15) is 9.59 Å². The van der Waals surface area contributed by atoms with E-state index in [-0.39, 0.29) is 11.3 Å². The number of benzene rings is 2. The highest BCUT2D eigenvalue weighted by Gasteiger charge is 2.23. The van der Waals surface area contributed by atoms with Crippen molar-refractivity contribution in [3.8, 4) is 0 Å². The van der Waals surface area contributed by atoms with Gasteiger partial charge in [-0.05, 0) is 35.6 Å². The van der Waals surface area contributed by atoms with Gasteiger partial charge in [-0.25, -0.2) is 4.79 Å². The Labute approximate surface area is 155 Å². The van der Waals surface area contributed by atoms with Gasteiger partial charge >= 0.3 is 5.97 Å². The van der Waals surface area contributed by atoms with E-state index in [0.29, 0.717) is 12.0 Å². The van der Waals surface area contributed by atoms with E-state index in [2.05, 4.69) is 26.1 Å². The number of carbonyl (C=O) groups is 2. The molecule has 0 aliphatic carbocycles. The number of carbonyl (C=O) groups excluding carboxylic acids is 2. The first-order chi connectivity index (χ1) is 12.2. The van der Waals surface area contributed by atoms with Crippen molar-refractivity contribution in [2.75, 3.05) is 7.11 Å². The van der Waals surface area contributed by atoms with E-state index in [1.807, 2.05) is 43.3 Å². The fourth-order valence-corrected chi connectivity index (χ4v) is 2.66. The molecule has 26 heavy (non-hydrogen) atoms. The molecular weight excluding hydrogens is 326 g/mol. The maximum absolute atomic E-state index is 12.6. The molecule has 0 heterocycles. The van der Waals surface area contributed by atoms with Crippen LogP contribution in [0, 0.1) is 6.92 Å². The molecule has 0 fully saturated rings. The quantitative estimate of drug-likeness (QED) is 0.832. The summed E-state index contributed by atoms with van der Waals surface area (Å²) < 4.78 is 4.86. The summed E-state index contributed by atoms with van der Waals surface area (Å²) in [6.45, 7) is 8.37. The second-order valence-electron chi connectivity index (χ2n) is 7.57. The number of hydrogen-bond donors (Lipinski definition) is 1. The highest BCUT2D eigenvalue weighted by molar-refractivity contribution is 5.96. The molecule has 0 unspecified atom stereocenters. The van der Waals surface area contributed by atoms with Gasteiger partial charge < -0.3 is 10.1 Å². The van der Waals surface area contributed by atoms with Gasteiger partial charge in [0.1, 0.15) is 6.04 Å². The third-order valence-electron chi connectivity index (χ3n) is 4.36. The van der Waals surface area contributed by atoms with Crippen LogP contribution in [-0.4, -0.2) is 25.0 Å². The van der Waals surface area contributed by atoms with Gasteiger partial charge in [-0.2, -0.15) is 0 Å². The first-order valence-electron chi connectivity index (χ1n) is 8.75. The number of esters is 1. The molecular formula is C22H27NO3. The highest BCUT2D eigenvalue weighted by atomic mass is 16.5. The SMILES string of the molecule is COC(=O)[C@@H](Cc1ccc(C)cc1)NC(=O)c1ccc(C(C)(C)C)cc1. The van der Waals surface area contributed by atoms with E-state index in [1.54, 1.807) is 12.1 Å². The minimum atomic E-state index is -0.725. The van der Waals surface area contributed by atoms with Crippen LogP contribution in [0.3, 0.4) is 0 Å². The van der Waals surface area contributed by atoms with Gasteiger partial charge in [0.05, 0.1) is 7.11 Å². The first-order valence-corrected chi connectivity index (χ1v) is 8.75. The van der Waals surface area contributed by atoms with Crippen molar-refractivity contribution in [3.05, 3.63) is 70.8 Å². The molecule has 4 nitrogen and oxygen atoms in total. The number of ether oxygens (including phenoxy) is 1. The normalized spacial score (nSPS) is 12.3. The van der Waals surface area contributed by atoms with Crippen LogP contribution in [0.5, 0.6) is 0 Å². The Hall–Kier alpha value is -2.62. The second kappa shape index (κ2) is 8.17. The molecule has 1 N–H and O–H groups in total. The summed E-state index contributed by atoms with van der Waals surface area (Å²) in [6.07, 6.45) is 0.388. The Morgan fingerprint density at radius 1 is 1.00 bits per heavy atom. The van der Waals surface area contributed by atoms with E-state index >= 15 is 0 Å². The van der Waals surface area contributed by atoms with E-state index in [1.165, 1.54) is 7.11 Å². The van der Waals surface area contributed by atoms with E-state index in [0.717, 1.165) is 16.7 Å². The molecule has 138 valence electrons. The Bertz CT molecular complexity index is 755. The predicted octanol–water partition coefficient (Wildman–Crippen LogP) is 3.81. The lowest BCUT2D eigenvalue weighted by Gasteiger charge is -2.20. The summed E-state index contributed by atoms with van der Waals surface area (Å²) >= 11 is 0. The molecule has 0 saturated heterocycles. The van der Waals surface area contributed by atoms with Crippen LogP contribution in [0.25, 0.3) is 0 Å². The Morgan fingerprint density at radius 3 is 2.08 bits per heavy atom. The van der Waals surface area contributed by atoms with E-state index < -0.39 is 12.0 Å². The van der Waals surface area contributed by atoms with Gasteiger partial charge in [0, 0.05) is 12.0 Å². The van der Waals surface area contributed by atoms with Crippen LogP contribution in [0.4, 0.5) is 0 Å². The molecule has 0 saturated carbocycles. The number of hydrogen-bond acceptors (Lipinski definition) is 3.